The standard InChI is InChI=1S/C26H30F3N9O2/c27-26(28,29)24-35-17(6-8-39)9-21(36-24)40-19-3-1-18(2-4-19)37-13-25(12-30,14-37)38-11-16(10-34-38)22-20-5-7-31-23(20)33-15-32-22/h5,7,9-11,15,18-19,39H,1-4,6,8,12-14,30H2,(H,31,32,33)/t18-,19+. The molecule has 0 spiro atoms. The number of nitrogens with zero attached hydrogens (tertiary/aromatic N) is 7. The van der Waals surface area contributed by atoms with Gasteiger partial charge in [0.2, 0.25) is 11.7 Å². The topological polar surface area (TPSA) is 144 Å². The molecule has 6 rings (SSSR count). The number of hydrogen-bond donors (Lipinski definition) is 3. The van der Waals surface area contributed by atoms with Crippen LogP contribution in [0.25, 0.3) is 22.3 Å². The number of aliphatic hydroxyl groups excluding tert-OH is 1. The van der Waals surface area contributed by atoms with Crippen molar-refractivity contribution in [1.82, 2.24) is 39.6 Å². The van der Waals surface area contributed by atoms with Gasteiger partial charge in [0.15, 0.2) is 0 Å². The van der Waals surface area contributed by atoms with Gasteiger partial charge in [-0.1, -0.05) is 0 Å². The molecule has 1 aliphatic carbocycles. The van der Waals surface area contributed by atoms with Gasteiger partial charge in [-0.15, -0.1) is 0 Å². The molecule has 11 nitrogen and oxygen atoms in total. The molecule has 0 unspecified atom stereocenters. The Morgan fingerprint density at radius 3 is 2.67 bits per heavy atom. The summed E-state index contributed by atoms with van der Waals surface area (Å²) in [4.78, 5) is 21.3. The van der Waals surface area contributed by atoms with E-state index in [0.717, 1.165) is 48.2 Å². The first-order valence-corrected chi connectivity index (χ1v) is 13.3. The Morgan fingerprint density at radius 2 is 1.95 bits per heavy atom. The Kier molecular flexibility index (Phi) is 6.92. The number of likely N-dealkylation sites (tertiary alicyclic amines) is 1. The summed E-state index contributed by atoms with van der Waals surface area (Å²) in [7, 11) is 0. The molecule has 4 aromatic rings. The summed E-state index contributed by atoms with van der Waals surface area (Å²) in [5, 5.41) is 14.7. The lowest BCUT2D eigenvalue weighted by atomic mass is 9.83. The molecule has 2 fully saturated rings. The number of nitrogens with two attached hydrogens (primary N) is 1. The normalized spacial score (nSPS) is 21.4. The van der Waals surface area contributed by atoms with E-state index in [-0.39, 0.29) is 36.2 Å². The predicted molar refractivity (Wildman–Crippen MR) is 138 cm³/mol. The van der Waals surface area contributed by atoms with Gasteiger partial charge in [0.05, 0.1) is 17.6 Å². The molecular weight excluding hydrogens is 527 g/mol. The fourth-order valence-electron chi connectivity index (χ4n) is 5.74. The minimum atomic E-state index is -4.69. The molecular formula is C26H30F3N9O2. The first kappa shape index (κ1) is 26.6. The highest BCUT2D eigenvalue weighted by Crippen LogP contribution is 2.37. The van der Waals surface area contributed by atoms with Crippen molar-refractivity contribution in [1.29, 1.82) is 0 Å². The van der Waals surface area contributed by atoms with Crippen LogP contribution in [-0.4, -0.2) is 83.1 Å². The molecule has 212 valence electrons. The van der Waals surface area contributed by atoms with Crippen LogP contribution >= 0.6 is 0 Å². The van der Waals surface area contributed by atoms with E-state index in [0.29, 0.717) is 25.4 Å². The fraction of sp³-hybridized carbons (Fsp3) is 0.500. The molecule has 1 saturated heterocycles. The molecule has 0 aromatic carbocycles. The van der Waals surface area contributed by atoms with Crippen molar-refractivity contribution in [2.75, 3.05) is 26.2 Å². The third-order valence-electron chi connectivity index (χ3n) is 7.90. The fourth-order valence-corrected chi connectivity index (χ4v) is 5.74. The van der Waals surface area contributed by atoms with E-state index in [1.807, 2.05) is 23.1 Å². The molecule has 0 atom stereocenters. The summed E-state index contributed by atoms with van der Waals surface area (Å²) in [6, 6.07) is 3.65. The van der Waals surface area contributed by atoms with Crippen LogP contribution in [0.5, 0.6) is 5.88 Å². The maximum absolute atomic E-state index is 13.2. The van der Waals surface area contributed by atoms with Crippen LogP contribution in [0.1, 0.15) is 37.2 Å². The van der Waals surface area contributed by atoms with E-state index in [9.17, 15) is 13.2 Å². The Balaban J connectivity index is 1.07. The zero-order chi connectivity index (χ0) is 27.9. The number of alkyl halides is 3. The highest BCUT2D eigenvalue weighted by Gasteiger charge is 2.47. The Hall–Kier alpha value is -3.62. The smallest absolute Gasteiger partial charge is 0.451 e. The van der Waals surface area contributed by atoms with E-state index in [1.54, 1.807) is 6.20 Å². The maximum Gasteiger partial charge on any atom is 0.451 e. The van der Waals surface area contributed by atoms with Crippen molar-refractivity contribution in [3.8, 4) is 17.1 Å². The summed E-state index contributed by atoms with van der Waals surface area (Å²) < 4.78 is 47.5. The average molecular weight is 558 g/mol. The maximum atomic E-state index is 13.2. The van der Waals surface area contributed by atoms with Gasteiger partial charge in [-0.3, -0.25) is 9.58 Å². The quantitative estimate of drug-likeness (QED) is 0.298. The van der Waals surface area contributed by atoms with Gasteiger partial charge in [0, 0.05) is 68.1 Å². The van der Waals surface area contributed by atoms with Crippen LogP contribution in [-0.2, 0) is 18.1 Å². The second-order valence-corrected chi connectivity index (χ2v) is 10.5. The van der Waals surface area contributed by atoms with Crippen LogP contribution in [0.15, 0.2) is 37.1 Å². The molecule has 4 N–H and O–H groups in total. The van der Waals surface area contributed by atoms with E-state index in [2.05, 4.69) is 34.9 Å². The van der Waals surface area contributed by atoms with Gasteiger partial charge in [-0.2, -0.15) is 23.3 Å². The number of aromatic nitrogens is 7. The molecule has 0 amide bonds. The molecule has 14 heteroatoms. The molecule has 0 bridgehead atoms. The van der Waals surface area contributed by atoms with E-state index >= 15 is 0 Å². The molecule has 1 saturated carbocycles. The average Bonchev–Trinajstić information content (AvgIpc) is 3.59. The summed E-state index contributed by atoms with van der Waals surface area (Å²) in [5.41, 5.74) is 8.53. The number of rotatable bonds is 8. The number of aromatic amines is 1. The van der Waals surface area contributed by atoms with Crippen LogP contribution in [0, 0.1) is 0 Å². The van der Waals surface area contributed by atoms with Gasteiger partial charge < -0.3 is 20.6 Å². The number of H-pyrrole nitrogens is 1. The first-order valence-electron chi connectivity index (χ1n) is 13.3. The second-order valence-electron chi connectivity index (χ2n) is 10.5. The highest BCUT2D eigenvalue weighted by molar-refractivity contribution is 5.89. The zero-order valence-corrected chi connectivity index (χ0v) is 21.7. The third-order valence-corrected chi connectivity index (χ3v) is 7.90. The Bertz CT molecular complexity index is 1470. The van der Waals surface area contributed by atoms with Crippen molar-refractivity contribution in [3.63, 3.8) is 0 Å². The minimum absolute atomic E-state index is 0.000175. The van der Waals surface area contributed by atoms with Crippen LogP contribution in [0.2, 0.25) is 0 Å². The summed E-state index contributed by atoms with van der Waals surface area (Å²) in [6.07, 6.45) is 5.34. The number of nitrogens with one attached hydrogen (secondary N) is 1. The zero-order valence-electron chi connectivity index (χ0n) is 21.7. The van der Waals surface area contributed by atoms with E-state index in [4.69, 9.17) is 15.6 Å². The summed E-state index contributed by atoms with van der Waals surface area (Å²) in [5.74, 6) is -1.35. The van der Waals surface area contributed by atoms with Gasteiger partial charge >= 0.3 is 6.18 Å². The third kappa shape index (κ3) is 5.02. The van der Waals surface area contributed by atoms with Crippen molar-refractivity contribution >= 4 is 11.0 Å². The predicted octanol–water partition coefficient (Wildman–Crippen LogP) is 2.52. The van der Waals surface area contributed by atoms with Gasteiger partial charge in [0.25, 0.3) is 0 Å². The van der Waals surface area contributed by atoms with Gasteiger partial charge in [-0.05, 0) is 31.7 Å². The number of aliphatic hydroxyl groups is 1. The monoisotopic (exact) mass is 557 g/mol. The van der Waals surface area contributed by atoms with Gasteiger partial charge in [0.1, 0.15) is 23.6 Å². The molecule has 5 heterocycles. The van der Waals surface area contributed by atoms with Crippen molar-refractivity contribution in [2.24, 2.45) is 5.73 Å². The largest absolute Gasteiger partial charge is 0.474 e. The molecule has 40 heavy (non-hydrogen) atoms. The number of hydrogen-bond acceptors (Lipinski definition) is 9. The second kappa shape index (κ2) is 10.4. The molecule has 0 radical (unpaired) electrons. The summed E-state index contributed by atoms with van der Waals surface area (Å²) >= 11 is 0. The van der Waals surface area contributed by atoms with E-state index < -0.39 is 12.0 Å². The van der Waals surface area contributed by atoms with Crippen LogP contribution in [0.3, 0.4) is 0 Å². The minimum Gasteiger partial charge on any atom is -0.474 e. The number of ether oxygens (including phenoxy) is 1. The lowest BCUT2D eigenvalue weighted by Crippen LogP contribution is -2.68. The van der Waals surface area contributed by atoms with E-state index in [1.165, 1.54) is 12.4 Å². The highest BCUT2D eigenvalue weighted by atomic mass is 19.4. The SMILES string of the molecule is NCC1(n2cc(-c3ncnc4[nH]ccc34)cn2)CN([C@H]2CC[C@@H](Oc3cc(CCO)nc(C(F)(F)F)n3)CC2)C1. The van der Waals surface area contributed by atoms with Crippen LogP contribution in [0.4, 0.5) is 13.2 Å². The lowest BCUT2D eigenvalue weighted by molar-refractivity contribution is -0.145. The Morgan fingerprint density at radius 1 is 1.15 bits per heavy atom. The van der Waals surface area contributed by atoms with Crippen LogP contribution < -0.4 is 10.5 Å². The van der Waals surface area contributed by atoms with Crippen molar-refractivity contribution < 1.29 is 23.0 Å². The molecule has 1 aliphatic heterocycles. The summed E-state index contributed by atoms with van der Waals surface area (Å²) in [6.45, 7) is 1.65. The van der Waals surface area contributed by atoms with Crippen molar-refractivity contribution in [3.05, 3.63) is 48.6 Å². The molecule has 2 aliphatic rings. The number of fused-ring (bicyclic) bond motifs is 1. The Labute approximate surface area is 227 Å². The van der Waals surface area contributed by atoms with Crippen molar-refractivity contribution in [2.45, 2.75) is 56.0 Å². The first-order chi connectivity index (χ1) is 19.3. The lowest BCUT2D eigenvalue weighted by Gasteiger charge is -2.53. The van der Waals surface area contributed by atoms with Gasteiger partial charge in [-0.25, -0.2) is 15.0 Å². The number of halogens is 3. The molecule has 4 aromatic heterocycles.